The van der Waals surface area contributed by atoms with Crippen molar-refractivity contribution >= 4 is 11.0 Å². The summed E-state index contributed by atoms with van der Waals surface area (Å²) in [7, 11) is 0. The number of furan rings is 1. The first-order valence-corrected chi connectivity index (χ1v) is 5.04. The minimum Gasteiger partial charge on any atom is -0.426 e. The first-order chi connectivity index (χ1) is 7.92. The quantitative estimate of drug-likeness (QED) is 0.635. The van der Waals surface area contributed by atoms with Gasteiger partial charge in [-0.1, -0.05) is 30.3 Å². The van der Waals surface area contributed by atoms with Crippen LogP contribution in [-0.4, -0.2) is 0 Å². The number of hydrogen-bond acceptors (Lipinski definition) is 2. The zero-order valence-electron chi connectivity index (χ0n) is 8.51. The molecule has 0 aliphatic rings. The van der Waals surface area contributed by atoms with Crippen molar-refractivity contribution in [3.05, 3.63) is 60.7 Å². The molecule has 0 atom stereocenters. The summed E-state index contributed by atoms with van der Waals surface area (Å²) in [6, 6.07) is 19.9. The molecule has 1 radical (unpaired) electrons. The van der Waals surface area contributed by atoms with Crippen LogP contribution in [-0.2, 0) is 0 Å². The van der Waals surface area contributed by atoms with Gasteiger partial charge in [-0.3, -0.25) is 0 Å². The smallest absolute Gasteiger partial charge is 0.290 e. The first kappa shape index (κ1) is 9.04. The monoisotopic (exact) mass is 209 g/mol. The van der Waals surface area contributed by atoms with E-state index < -0.39 is 0 Å². The van der Waals surface area contributed by atoms with E-state index in [9.17, 15) is 0 Å². The molecule has 0 unspecified atom stereocenters. The van der Waals surface area contributed by atoms with E-state index in [0.29, 0.717) is 5.95 Å². The first-order valence-electron chi connectivity index (χ1n) is 5.04. The fourth-order valence-electron chi connectivity index (χ4n) is 1.56. The molecule has 16 heavy (non-hydrogen) atoms. The lowest BCUT2D eigenvalue weighted by atomic mass is 10.3. The third-order valence-corrected chi connectivity index (χ3v) is 2.31. The maximum atomic E-state index is 5.58. The molecule has 1 aromatic heterocycles. The van der Waals surface area contributed by atoms with Crippen LogP contribution in [0.25, 0.3) is 11.0 Å². The van der Waals surface area contributed by atoms with Gasteiger partial charge < -0.3 is 9.15 Å². The number of ether oxygens (including phenoxy) is 1. The van der Waals surface area contributed by atoms with Crippen molar-refractivity contribution in [3.63, 3.8) is 0 Å². The molecule has 1 heterocycles. The van der Waals surface area contributed by atoms with E-state index in [1.807, 2.05) is 42.5 Å². The highest BCUT2D eigenvalue weighted by Crippen LogP contribution is 2.28. The predicted octanol–water partition coefficient (Wildman–Crippen LogP) is 4.03. The van der Waals surface area contributed by atoms with E-state index in [-0.39, 0.29) is 0 Å². The summed E-state index contributed by atoms with van der Waals surface area (Å²) in [6.07, 6.45) is 0. The molecule has 0 aliphatic heterocycles. The minimum absolute atomic E-state index is 0.507. The van der Waals surface area contributed by atoms with Crippen LogP contribution in [0.3, 0.4) is 0 Å². The molecule has 0 fully saturated rings. The second-order valence-corrected chi connectivity index (χ2v) is 3.44. The molecule has 2 heteroatoms. The molecule has 0 saturated carbocycles. The van der Waals surface area contributed by atoms with Gasteiger partial charge in [-0.25, -0.2) is 0 Å². The van der Waals surface area contributed by atoms with Gasteiger partial charge in [-0.15, -0.1) is 0 Å². The molecule has 2 nitrogen and oxygen atoms in total. The Labute approximate surface area is 93.1 Å². The molecule has 0 amide bonds. The zero-order chi connectivity index (χ0) is 10.8. The molecule has 0 spiro atoms. The van der Waals surface area contributed by atoms with Gasteiger partial charge >= 0.3 is 0 Å². The number of para-hydroxylation sites is 1. The molecule has 77 valence electrons. The van der Waals surface area contributed by atoms with Crippen LogP contribution in [0.1, 0.15) is 0 Å². The molecule has 0 aliphatic carbocycles. The fourth-order valence-corrected chi connectivity index (χ4v) is 1.56. The highest BCUT2D eigenvalue weighted by molar-refractivity contribution is 5.78. The largest absolute Gasteiger partial charge is 0.426 e. The van der Waals surface area contributed by atoms with Gasteiger partial charge in [0, 0.05) is 11.5 Å². The van der Waals surface area contributed by atoms with Crippen molar-refractivity contribution in [2.75, 3.05) is 0 Å². The molecule has 3 aromatic rings. The average Bonchev–Trinajstić information content (AvgIpc) is 2.72. The van der Waals surface area contributed by atoms with Crippen molar-refractivity contribution in [2.24, 2.45) is 0 Å². The predicted molar refractivity (Wildman–Crippen MR) is 61.6 cm³/mol. The Kier molecular flexibility index (Phi) is 2.11. The molecule has 0 saturated heterocycles. The van der Waals surface area contributed by atoms with E-state index in [4.69, 9.17) is 9.15 Å². The zero-order valence-corrected chi connectivity index (χ0v) is 8.51. The van der Waals surface area contributed by atoms with Gasteiger partial charge in [0.25, 0.3) is 5.95 Å². The lowest BCUT2D eigenvalue weighted by Gasteiger charge is -1.99. The van der Waals surface area contributed by atoms with Crippen molar-refractivity contribution in [3.8, 4) is 11.7 Å². The Bertz CT molecular complexity index is 563. The second kappa shape index (κ2) is 3.74. The van der Waals surface area contributed by atoms with Crippen LogP contribution < -0.4 is 4.74 Å². The summed E-state index contributed by atoms with van der Waals surface area (Å²) < 4.78 is 11.1. The van der Waals surface area contributed by atoms with Crippen LogP contribution >= 0.6 is 0 Å². The summed E-state index contributed by atoms with van der Waals surface area (Å²) in [5, 5.41) is 1.04. The highest BCUT2D eigenvalue weighted by Gasteiger charge is 2.04. The van der Waals surface area contributed by atoms with Crippen molar-refractivity contribution < 1.29 is 9.15 Å². The Balaban J connectivity index is 1.95. The SMILES string of the molecule is [c]1ccc(Oc2cc3ccccc3o2)cc1. The maximum Gasteiger partial charge on any atom is 0.290 e. The van der Waals surface area contributed by atoms with Crippen molar-refractivity contribution in [1.82, 2.24) is 0 Å². The lowest BCUT2D eigenvalue weighted by Crippen LogP contribution is -1.79. The molecular formula is C14H9O2. The molecule has 2 aromatic carbocycles. The average molecular weight is 209 g/mol. The van der Waals surface area contributed by atoms with Gasteiger partial charge in [0.05, 0.1) is 0 Å². The van der Waals surface area contributed by atoms with Crippen LogP contribution in [0.15, 0.2) is 59.0 Å². The summed E-state index contributed by atoms with van der Waals surface area (Å²) in [5.41, 5.74) is 0.833. The van der Waals surface area contributed by atoms with E-state index in [0.717, 1.165) is 16.7 Å². The standard InChI is InChI=1S/C14H9O2/c1-2-7-12(8-3-1)15-14-10-11-6-4-5-9-13(11)16-14/h2-10H. The van der Waals surface area contributed by atoms with Crippen LogP contribution in [0, 0.1) is 6.07 Å². The Hall–Kier alpha value is -2.22. The second-order valence-electron chi connectivity index (χ2n) is 3.44. The maximum absolute atomic E-state index is 5.58. The molecule has 3 rings (SSSR count). The minimum atomic E-state index is 0.507. The van der Waals surface area contributed by atoms with Gasteiger partial charge in [-0.2, -0.15) is 0 Å². The summed E-state index contributed by atoms with van der Waals surface area (Å²) in [5.74, 6) is 1.25. The number of benzene rings is 2. The van der Waals surface area contributed by atoms with E-state index in [1.54, 1.807) is 12.1 Å². The summed E-state index contributed by atoms with van der Waals surface area (Å²) >= 11 is 0. The van der Waals surface area contributed by atoms with Gasteiger partial charge in [0.15, 0.2) is 0 Å². The van der Waals surface area contributed by atoms with Crippen LogP contribution in [0.4, 0.5) is 0 Å². The topological polar surface area (TPSA) is 22.4 Å². The van der Waals surface area contributed by atoms with Gasteiger partial charge in [0.2, 0.25) is 0 Å². The Morgan fingerprint density at radius 2 is 1.81 bits per heavy atom. The van der Waals surface area contributed by atoms with Crippen molar-refractivity contribution in [2.45, 2.75) is 0 Å². The number of hydrogen-bond donors (Lipinski definition) is 0. The van der Waals surface area contributed by atoms with Crippen LogP contribution in [0.5, 0.6) is 11.7 Å². The van der Waals surface area contributed by atoms with Gasteiger partial charge in [-0.05, 0) is 24.3 Å². The highest BCUT2D eigenvalue weighted by atomic mass is 16.6. The van der Waals surface area contributed by atoms with E-state index >= 15 is 0 Å². The molecule has 0 bridgehead atoms. The van der Waals surface area contributed by atoms with Gasteiger partial charge in [0.1, 0.15) is 11.3 Å². The molecule has 0 N–H and O–H groups in total. The Morgan fingerprint density at radius 3 is 2.62 bits per heavy atom. The summed E-state index contributed by atoms with van der Waals surface area (Å²) in [6.45, 7) is 0. The lowest BCUT2D eigenvalue weighted by molar-refractivity contribution is 0.360. The molecular weight excluding hydrogens is 200 g/mol. The summed E-state index contributed by atoms with van der Waals surface area (Å²) in [4.78, 5) is 0. The number of rotatable bonds is 2. The fraction of sp³-hybridized carbons (Fsp3) is 0. The third-order valence-electron chi connectivity index (χ3n) is 2.31. The van der Waals surface area contributed by atoms with E-state index in [1.165, 1.54) is 0 Å². The van der Waals surface area contributed by atoms with Crippen LogP contribution in [0.2, 0.25) is 0 Å². The van der Waals surface area contributed by atoms with E-state index in [2.05, 4.69) is 6.07 Å². The third kappa shape index (κ3) is 1.65. The van der Waals surface area contributed by atoms with Crippen molar-refractivity contribution in [1.29, 1.82) is 0 Å². The Morgan fingerprint density at radius 1 is 1.00 bits per heavy atom. The normalized spacial score (nSPS) is 10.5. The number of fused-ring (bicyclic) bond motifs is 1.